The molecule has 1 atom stereocenters. The summed E-state index contributed by atoms with van der Waals surface area (Å²) in [4.78, 5) is 29.1. The second-order valence-electron chi connectivity index (χ2n) is 9.93. The van der Waals surface area contributed by atoms with Gasteiger partial charge in [-0.3, -0.25) is 13.9 Å². The summed E-state index contributed by atoms with van der Waals surface area (Å²) in [6.45, 7) is 3.92. The average molecular weight is 586 g/mol. The number of carbonyl (C=O) groups excluding carboxylic acids is 2. The smallest absolute Gasteiger partial charge is 0.244 e. The van der Waals surface area contributed by atoms with Crippen LogP contribution in [0.3, 0.4) is 0 Å². The number of sulfonamides is 1. The Bertz CT molecular complexity index is 1380. The van der Waals surface area contributed by atoms with Crippen LogP contribution >= 0.6 is 11.6 Å². The SMILES string of the molecule is COc1ccc(N(CC(=O)N(Cc2ccccc2Cl)[C@@H](Cc2ccccc2)C(=O)NCC(C)C)S(C)(=O)=O)cc1. The van der Waals surface area contributed by atoms with Gasteiger partial charge in [-0.1, -0.05) is 74.0 Å². The van der Waals surface area contributed by atoms with E-state index >= 15 is 0 Å². The lowest BCUT2D eigenvalue weighted by molar-refractivity contribution is -0.140. The van der Waals surface area contributed by atoms with Gasteiger partial charge in [-0.25, -0.2) is 8.42 Å². The van der Waals surface area contributed by atoms with E-state index in [1.54, 1.807) is 48.5 Å². The first kappa shape index (κ1) is 31.0. The molecule has 0 radical (unpaired) electrons. The van der Waals surface area contributed by atoms with E-state index in [9.17, 15) is 18.0 Å². The van der Waals surface area contributed by atoms with Crippen molar-refractivity contribution in [2.75, 3.05) is 30.8 Å². The molecule has 0 aromatic heterocycles. The summed E-state index contributed by atoms with van der Waals surface area (Å²) in [7, 11) is -2.34. The van der Waals surface area contributed by atoms with E-state index in [0.29, 0.717) is 28.6 Å². The fraction of sp³-hybridized carbons (Fsp3) is 0.333. The van der Waals surface area contributed by atoms with Crippen LogP contribution in [0.4, 0.5) is 5.69 Å². The lowest BCUT2D eigenvalue weighted by Crippen LogP contribution is -2.53. The second kappa shape index (κ2) is 14.2. The van der Waals surface area contributed by atoms with Gasteiger partial charge in [0.15, 0.2) is 0 Å². The van der Waals surface area contributed by atoms with Gasteiger partial charge in [0, 0.05) is 24.5 Å². The molecule has 214 valence electrons. The van der Waals surface area contributed by atoms with Gasteiger partial charge in [0.1, 0.15) is 18.3 Å². The highest BCUT2D eigenvalue weighted by molar-refractivity contribution is 7.92. The minimum atomic E-state index is -3.86. The van der Waals surface area contributed by atoms with Crippen molar-refractivity contribution in [3.63, 3.8) is 0 Å². The van der Waals surface area contributed by atoms with Crippen LogP contribution in [0, 0.1) is 5.92 Å². The van der Waals surface area contributed by atoms with Crippen molar-refractivity contribution in [1.82, 2.24) is 10.2 Å². The van der Waals surface area contributed by atoms with Crippen LogP contribution in [0.1, 0.15) is 25.0 Å². The van der Waals surface area contributed by atoms with Gasteiger partial charge < -0.3 is 15.0 Å². The maximum atomic E-state index is 14.1. The molecular formula is C30H36ClN3O5S. The van der Waals surface area contributed by atoms with E-state index in [1.165, 1.54) is 12.0 Å². The molecule has 0 heterocycles. The van der Waals surface area contributed by atoms with Crippen LogP contribution in [0.5, 0.6) is 5.75 Å². The predicted molar refractivity (Wildman–Crippen MR) is 159 cm³/mol. The van der Waals surface area contributed by atoms with Crippen molar-refractivity contribution in [2.45, 2.75) is 32.9 Å². The maximum Gasteiger partial charge on any atom is 0.244 e. The Morgan fingerprint density at radius 3 is 2.15 bits per heavy atom. The third kappa shape index (κ3) is 8.72. The molecule has 0 fully saturated rings. The molecule has 0 aliphatic rings. The third-order valence-corrected chi connectivity index (χ3v) is 7.80. The number of ether oxygens (including phenoxy) is 1. The van der Waals surface area contributed by atoms with E-state index in [1.807, 2.05) is 44.2 Å². The molecule has 2 amide bonds. The molecule has 10 heteroatoms. The molecule has 0 unspecified atom stereocenters. The monoisotopic (exact) mass is 585 g/mol. The van der Waals surface area contributed by atoms with Gasteiger partial charge in [-0.15, -0.1) is 0 Å². The van der Waals surface area contributed by atoms with Crippen molar-refractivity contribution >= 4 is 39.1 Å². The molecule has 0 spiro atoms. The molecule has 0 bridgehead atoms. The summed E-state index contributed by atoms with van der Waals surface area (Å²) in [6.07, 6.45) is 1.28. The van der Waals surface area contributed by atoms with E-state index in [-0.39, 0.29) is 24.8 Å². The first-order valence-corrected chi connectivity index (χ1v) is 15.2. The topological polar surface area (TPSA) is 96.0 Å². The van der Waals surface area contributed by atoms with Crippen LogP contribution in [-0.2, 0) is 32.6 Å². The minimum Gasteiger partial charge on any atom is -0.497 e. The van der Waals surface area contributed by atoms with Crippen LogP contribution in [0.25, 0.3) is 0 Å². The van der Waals surface area contributed by atoms with Crippen LogP contribution in [-0.4, -0.2) is 57.6 Å². The van der Waals surface area contributed by atoms with Crippen LogP contribution in [0.2, 0.25) is 5.02 Å². The summed E-state index contributed by atoms with van der Waals surface area (Å²) >= 11 is 6.47. The summed E-state index contributed by atoms with van der Waals surface area (Å²) in [5.41, 5.74) is 1.81. The van der Waals surface area contributed by atoms with Crippen molar-refractivity contribution < 1.29 is 22.7 Å². The number of nitrogens with zero attached hydrogens (tertiary/aromatic N) is 2. The molecule has 40 heavy (non-hydrogen) atoms. The molecule has 1 N–H and O–H groups in total. The Hall–Kier alpha value is -3.56. The van der Waals surface area contributed by atoms with E-state index in [4.69, 9.17) is 16.3 Å². The van der Waals surface area contributed by atoms with Gasteiger partial charge in [0.05, 0.1) is 19.1 Å². The first-order chi connectivity index (χ1) is 19.0. The summed E-state index contributed by atoms with van der Waals surface area (Å²) < 4.78 is 31.9. The number of hydrogen-bond acceptors (Lipinski definition) is 5. The lowest BCUT2D eigenvalue weighted by atomic mass is 10.0. The van der Waals surface area contributed by atoms with Gasteiger partial charge in [-0.05, 0) is 47.4 Å². The Morgan fingerprint density at radius 2 is 1.57 bits per heavy atom. The van der Waals surface area contributed by atoms with Gasteiger partial charge in [0.2, 0.25) is 21.8 Å². The number of anilines is 1. The number of hydrogen-bond donors (Lipinski definition) is 1. The highest BCUT2D eigenvalue weighted by Gasteiger charge is 2.33. The number of rotatable bonds is 13. The number of benzene rings is 3. The minimum absolute atomic E-state index is 0.0192. The standard InChI is InChI=1S/C30H36ClN3O5S/c1-22(2)19-32-30(36)28(18-23-10-6-5-7-11-23)33(20-24-12-8-9-13-27(24)31)29(35)21-34(40(4,37)38)25-14-16-26(39-3)17-15-25/h5-17,22,28H,18-21H2,1-4H3,(H,32,36)/t28-/m0/s1. The quantitative estimate of drug-likeness (QED) is 0.318. The Labute approximate surface area is 241 Å². The van der Waals surface area contributed by atoms with Crippen LogP contribution in [0.15, 0.2) is 78.9 Å². The van der Waals surface area contributed by atoms with Gasteiger partial charge in [0.25, 0.3) is 0 Å². The molecule has 3 aromatic carbocycles. The zero-order chi connectivity index (χ0) is 29.3. The molecular weight excluding hydrogens is 550 g/mol. The second-order valence-corrected chi connectivity index (χ2v) is 12.2. The Kier molecular flexibility index (Phi) is 11.0. The molecule has 3 rings (SSSR count). The molecule has 3 aromatic rings. The summed E-state index contributed by atoms with van der Waals surface area (Å²) in [5.74, 6) is -0.117. The lowest BCUT2D eigenvalue weighted by Gasteiger charge is -2.34. The highest BCUT2D eigenvalue weighted by atomic mass is 35.5. The predicted octanol–water partition coefficient (Wildman–Crippen LogP) is 4.53. The third-order valence-electron chi connectivity index (χ3n) is 6.29. The maximum absolute atomic E-state index is 14.1. The average Bonchev–Trinajstić information content (AvgIpc) is 2.93. The normalized spacial score (nSPS) is 12.1. The number of amides is 2. The number of methoxy groups -OCH3 is 1. The van der Waals surface area contributed by atoms with E-state index < -0.39 is 28.5 Å². The largest absolute Gasteiger partial charge is 0.497 e. The molecule has 0 aliphatic heterocycles. The van der Waals surface area contributed by atoms with Crippen LogP contribution < -0.4 is 14.4 Å². The molecule has 8 nitrogen and oxygen atoms in total. The summed E-state index contributed by atoms with van der Waals surface area (Å²) in [5, 5.41) is 3.40. The number of nitrogens with one attached hydrogen (secondary N) is 1. The fourth-order valence-corrected chi connectivity index (χ4v) is 5.19. The Morgan fingerprint density at radius 1 is 0.950 bits per heavy atom. The number of halogens is 1. The molecule has 0 saturated heterocycles. The molecule has 0 aliphatic carbocycles. The zero-order valence-corrected chi connectivity index (χ0v) is 24.8. The highest BCUT2D eigenvalue weighted by Crippen LogP contribution is 2.24. The van der Waals surface area contributed by atoms with E-state index in [2.05, 4.69) is 5.32 Å². The van der Waals surface area contributed by atoms with Gasteiger partial charge >= 0.3 is 0 Å². The number of carbonyl (C=O) groups is 2. The van der Waals surface area contributed by atoms with Crippen molar-refractivity contribution in [1.29, 1.82) is 0 Å². The zero-order valence-electron chi connectivity index (χ0n) is 23.2. The molecule has 0 saturated carbocycles. The van der Waals surface area contributed by atoms with Crippen molar-refractivity contribution in [3.05, 3.63) is 95.0 Å². The fourth-order valence-electron chi connectivity index (χ4n) is 4.15. The summed E-state index contributed by atoms with van der Waals surface area (Å²) in [6, 6.07) is 21.9. The van der Waals surface area contributed by atoms with E-state index in [0.717, 1.165) is 16.1 Å². The van der Waals surface area contributed by atoms with Crippen molar-refractivity contribution in [3.8, 4) is 5.75 Å². The van der Waals surface area contributed by atoms with Crippen molar-refractivity contribution in [2.24, 2.45) is 5.92 Å². The Balaban J connectivity index is 2.04. The van der Waals surface area contributed by atoms with Gasteiger partial charge in [-0.2, -0.15) is 0 Å². The first-order valence-electron chi connectivity index (χ1n) is 13.0.